The molecule has 1 amide bonds. The molecule has 0 radical (unpaired) electrons. The van der Waals surface area contributed by atoms with Crippen molar-refractivity contribution >= 4 is 50.6 Å². The smallest absolute Gasteiger partial charge is 0.257 e. The van der Waals surface area contributed by atoms with E-state index >= 15 is 0 Å². The third kappa shape index (κ3) is 4.04. The van der Waals surface area contributed by atoms with Gasteiger partial charge in [0.2, 0.25) is 10.0 Å². The second kappa shape index (κ2) is 7.62. The summed E-state index contributed by atoms with van der Waals surface area (Å²) in [6.45, 7) is 0.313. The van der Waals surface area contributed by atoms with Crippen LogP contribution in [0.15, 0.2) is 36.7 Å². The zero-order valence-electron chi connectivity index (χ0n) is 14.8. The summed E-state index contributed by atoms with van der Waals surface area (Å²) >= 11 is 12.3. The number of aromatic amines is 1. The number of sulfonamides is 1. The zero-order valence-corrected chi connectivity index (χ0v) is 17.1. The first-order valence-electron chi connectivity index (χ1n) is 8.47. The van der Waals surface area contributed by atoms with E-state index in [1.165, 1.54) is 22.8 Å². The number of halogens is 2. The summed E-state index contributed by atoms with van der Waals surface area (Å²) in [4.78, 5) is 16.9. The molecule has 1 aromatic carbocycles. The van der Waals surface area contributed by atoms with E-state index in [1.54, 1.807) is 18.2 Å². The average molecular weight is 453 g/mol. The van der Waals surface area contributed by atoms with E-state index < -0.39 is 15.9 Å². The molecule has 29 heavy (non-hydrogen) atoms. The summed E-state index contributed by atoms with van der Waals surface area (Å²) in [7, 11) is -3.43. The molecule has 9 nitrogen and oxygen atoms in total. The van der Waals surface area contributed by atoms with Crippen LogP contribution in [0.2, 0.25) is 10.0 Å². The van der Waals surface area contributed by atoms with Crippen molar-refractivity contribution in [3.63, 3.8) is 0 Å². The van der Waals surface area contributed by atoms with Gasteiger partial charge in [-0.15, -0.1) is 0 Å². The molecule has 3 heterocycles. The molecule has 150 valence electrons. The van der Waals surface area contributed by atoms with Crippen molar-refractivity contribution < 1.29 is 13.2 Å². The third-order valence-corrected chi connectivity index (χ3v) is 6.67. The van der Waals surface area contributed by atoms with Crippen LogP contribution in [-0.4, -0.2) is 47.0 Å². The zero-order chi connectivity index (χ0) is 20.6. The summed E-state index contributed by atoms with van der Waals surface area (Å²) in [5.74, 6) is -0.318. The Hall–Kier alpha value is -2.69. The summed E-state index contributed by atoms with van der Waals surface area (Å²) in [5, 5.41) is 13.5. The minimum absolute atomic E-state index is 0.0478. The number of rotatable bonds is 4. The molecule has 0 spiro atoms. The number of nitrogens with one attached hydrogen (secondary N) is 2. The van der Waals surface area contributed by atoms with Gasteiger partial charge >= 0.3 is 0 Å². The third-order valence-electron chi connectivity index (χ3n) is 4.31. The second-order valence-electron chi connectivity index (χ2n) is 6.30. The largest absolute Gasteiger partial charge is 0.322 e. The maximum atomic E-state index is 12.8. The maximum absolute atomic E-state index is 12.8. The molecule has 12 heteroatoms. The van der Waals surface area contributed by atoms with Crippen molar-refractivity contribution in [1.29, 1.82) is 0 Å². The van der Waals surface area contributed by atoms with Gasteiger partial charge in [-0.2, -0.15) is 15.4 Å². The van der Waals surface area contributed by atoms with Gasteiger partial charge in [0, 0.05) is 29.0 Å². The molecular weight excluding hydrogens is 439 g/mol. The monoisotopic (exact) mass is 452 g/mol. The van der Waals surface area contributed by atoms with E-state index in [2.05, 4.69) is 25.7 Å². The number of aromatic nitrogens is 4. The predicted molar refractivity (Wildman–Crippen MR) is 110 cm³/mol. The van der Waals surface area contributed by atoms with E-state index in [0.29, 0.717) is 34.9 Å². The second-order valence-corrected chi connectivity index (χ2v) is 9.16. The highest BCUT2D eigenvalue weighted by Crippen LogP contribution is 2.28. The summed E-state index contributed by atoms with van der Waals surface area (Å²) in [5.41, 5.74) is 1.74. The molecule has 2 N–H and O–H groups in total. The van der Waals surface area contributed by atoms with Gasteiger partial charge in [-0.1, -0.05) is 23.2 Å². The van der Waals surface area contributed by atoms with Gasteiger partial charge in [0.1, 0.15) is 11.5 Å². The van der Waals surface area contributed by atoms with Gasteiger partial charge in [-0.05, 0) is 30.7 Å². The van der Waals surface area contributed by atoms with E-state index in [1.807, 2.05) is 0 Å². The van der Waals surface area contributed by atoms with Gasteiger partial charge < -0.3 is 5.32 Å². The topological polar surface area (TPSA) is 121 Å². The average Bonchev–Trinajstić information content (AvgIpc) is 3.31. The molecule has 2 aromatic heterocycles. The standard InChI is InChI=1S/C17H14Cl2N6O3S/c18-11-4-10(15-9-21-24-23-15)5-12(6-11)22-17(26)13-7-16(20-8-14(13)19)25-2-1-3-29(25,27)28/h4-9H,1-3H2,(H,22,26)(H,21,23,24). The first kappa shape index (κ1) is 19.6. The molecule has 1 aliphatic heterocycles. The number of carbonyl (C=O) groups is 1. The molecule has 0 aliphatic carbocycles. The number of pyridine rings is 1. The lowest BCUT2D eigenvalue weighted by atomic mass is 10.1. The van der Waals surface area contributed by atoms with Crippen LogP contribution in [0.5, 0.6) is 0 Å². The number of carbonyl (C=O) groups excluding carboxylic acids is 1. The van der Waals surface area contributed by atoms with Crippen LogP contribution in [0.3, 0.4) is 0 Å². The highest BCUT2D eigenvalue weighted by Gasteiger charge is 2.30. The number of anilines is 2. The Morgan fingerprint density at radius 2 is 2.00 bits per heavy atom. The van der Waals surface area contributed by atoms with Crippen LogP contribution in [-0.2, 0) is 10.0 Å². The van der Waals surface area contributed by atoms with Crippen LogP contribution in [0.1, 0.15) is 16.8 Å². The fourth-order valence-electron chi connectivity index (χ4n) is 2.98. The van der Waals surface area contributed by atoms with E-state index in [0.717, 1.165) is 0 Å². The van der Waals surface area contributed by atoms with Crippen molar-refractivity contribution in [1.82, 2.24) is 20.4 Å². The molecule has 0 atom stereocenters. The first-order valence-corrected chi connectivity index (χ1v) is 10.8. The molecule has 4 rings (SSSR count). The van der Waals surface area contributed by atoms with Gasteiger partial charge in [0.05, 0.1) is 22.5 Å². The lowest BCUT2D eigenvalue weighted by Crippen LogP contribution is -2.26. The predicted octanol–water partition coefficient (Wildman–Crippen LogP) is 2.97. The van der Waals surface area contributed by atoms with Crippen LogP contribution in [0.25, 0.3) is 11.3 Å². The lowest BCUT2D eigenvalue weighted by molar-refractivity contribution is 0.102. The molecular formula is C17H14Cl2N6O3S. The highest BCUT2D eigenvalue weighted by atomic mass is 35.5. The minimum Gasteiger partial charge on any atom is -0.322 e. The summed E-state index contributed by atoms with van der Waals surface area (Å²) < 4.78 is 25.4. The Bertz CT molecular complexity index is 1180. The summed E-state index contributed by atoms with van der Waals surface area (Å²) in [6.07, 6.45) is 3.29. The molecule has 0 bridgehead atoms. The highest BCUT2D eigenvalue weighted by molar-refractivity contribution is 7.93. The van der Waals surface area contributed by atoms with Crippen LogP contribution < -0.4 is 9.62 Å². The van der Waals surface area contributed by atoms with Crippen molar-refractivity contribution in [2.24, 2.45) is 0 Å². The van der Waals surface area contributed by atoms with Crippen molar-refractivity contribution in [2.75, 3.05) is 21.9 Å². The fraction of sp³-hybridized carbons (Fsp3) is 0.176. The Balaban J connectivity index is 1.63. The van der Waals surface area contributed by atoms with Crippen LogP contribution in [0, 0.1) is 0 Å². The van der Waals surface area contributed by atoms with Crippen LogP contribution in [0.4, 0.5) is 11.5 Å². The fourth-order valence-corrected chi connectivity index (χ4v) is 4.91. The van der Waals surface area contributed by atoms with Crippen molar-refractivity contribution in [3.05, 3.63) is 52.3 Å². The minimum atomic E-state index is -3.43. The molecule has 0 saturated carbocycles. The Labute approximate surface area is 176 Å². The Morgan fingerprint density at radius 1 is 1.17 bits per heavy atom. The summed E-state index contributed by atoms with van der Waals surface area (Å²) in [6, 6.07) is 6.31. The first-order chi connectivity index (χ1) is 13.8. The molecule has 1 aliphatic rings. The van der Waals surface area contributed by atoms with Gasteiger partial charge in [-0.3, -0.25) is 9.10 Å². The molecule has 0 unspecified atom stereocenters. The quantitative estimate of drug-likeness (QED) is 0.627. The SMILES string of the molecule is O=C(Nc1cc(Cl)cc(-c2cn[nH]n2)c1)c1cc(N2CCCS2(=O)=O)ncc1Cl. The van der Waals surface area contributed by atoms with Gasteiger partial charge in [-0.25, -0.2) is 13.4 Å². The van der Waals surface area contributed by atoms with Crippen molar-refractivity contribution in [3.8, 4) is 11.3 Å². The number of amides is 1. The number of benzene rings is 1. The Morgan fingerprint density at radius 3 is 2.69 bits per heavy atom. The van der Waals surface area contributed by atoms with Gasteiger partial charge in [0.25, 0.3) is 5.91 Å². The molecule has 1 fully saturated rings. The normalized spacial score (nSPS) is 15.4. The lowest BCUT2D eigenvalue weighted by Gasteiger charge is -2.17. The Kier molecular flexibility index (Phi) is 5.15. The van der Waals surface area contributed by atoms with E-state index in [-0.39, 0.29) is 22.2 Å². The molecule has 3 aromatic rings. The number of hydrogen-bond donors (Lipinski definition) is 2. The number of H-pyrrole nitrogens is 1. The maximum Gasteiger partial charge on any atom is 0.257 e. The van der Waals surface area contributed by atoms with E-state index in [4.69, 9.17) is 23.2 Å². The van der Waals surface area contributed by atoms with Gasteiger partial charge in [0.15, 0.2) is 0 Å². The van der Waals surface area contributed by atoms with Crippen molar-refractivity contribution in [2.45, 2.75) is 6.42 Å². The van der Waals surface area contributed by atoms with E-state index in [9.17, 15) is 13.2 Å². The van der Waals surface area contributed by atoms with Crippen LogP contribution >= 0.6 is 23.2 Å². The number of nitrogens with zero attached hydrogens (tertiary/aromatic N) is 4. The molecule has 1 saturated heterocycles. The number of hydrogen-bond acceptors (Lipinski definition) is 6.